The van der Waals surface area contributed by atoms with Crippen LogP contribution in [0.3, 0.4) is 0 Å². The Kier molecular flexibility index (Phi) is 3.42. The Labute approximate surface area is 125 Å². The number of carbonyl (C=O) groups excluding carboxylic acids is 1. The first kappa shape index (κ1) is 13.9. The van der Waals surface area contributed by atoms with E-state index in [0.29, 0.717) is 22.4 Å². The van der Waals surface area contributed by atoms with Crippen LogP contribution in [0.5, 0.6) is 11.5 Å². The van der Waals surface area contributed by atoms with Crippen LogP contribution in [-0.2, 0) is 4.74 Å². The minimum absolute atomic E-state index is 0.146. The van der Waals surface area contributed by atoms with E-state index in [9.17, 15) is 9.59 Å². The standard InChI is InChI=1S/C16H12O6/c1-9-7-12-13(21-16(20-12)22-15(18)19)8-11(9)14(17)10-5-3-2-4-6-10/h2-8,16H,1H3,(H,18,19). The van der Waals surface area contributed by atoms with Gasteiger partial charge >= 0.3 is 12.6 Å². The summed E-state index contributed by atoms with van der Waals surface area (Å²) in [6.45, 7) is 0.416. The predicted molar refractivity (Wildman–Crippen MR) is 75.2 cm³/mol. The molecule has 0 fully saturated rings. The molecule has 2 aromatic rings. The van der Waals surface area contributed by atoms with Gasteiger partial charge in [-0.1, -0.05) is 30.3 Å². The number of benzene rings is 2. The molecule has 0 aliphatic carbocycles. The Balaban J connectivity index is 1.90. The third-order valence-electron chi connectivity index (χ3n) is 3.21. The molecule has 1 aliphatic heterocycles. The lowest BCUT2D eigenvalue weighted by Crippen LogP contribution is -2.24. The quantitative estimate of drug-likeness (QED) is 0.693. The van der Waals surface area contributed by atoms with Crippen molar-refractivity contribution in [2.75, 3.05) is 0 Å². The van der Waals surface area contributed by atoms with Gasteiger partial charge in [0.1, 0.15) is 0 Å². The van der Waals surface area contributed by atoms with Gasteiger partial charge in [-0.15, -0.1) is 0 Å². The van der Waals surface area contributed by atoms with Crippen LogP contribution in [0.25, 0.3) is 0 Å². The molecule has 0 saturated heterocycles. The minimum atomic E-state index is -1.50. The van der Waals surface area contributed by atoms with Crippen LogP contribution >= 0.6 is 0 Å². The highest BCUT2D eigenvalue weighted by Crippen LogP contribution is 2.37. The van der Waals surface area contributed by atoms with Crippen LogP contribution in [0.1, 0.15) is 21.5 Å². The summed E-state index contributed by atoms with van der Waals surface area (Å²) in [6, 6.07) is 12.0. The van der Waals surface area contributed by atoms with E-state index in [0.717, 1.165) is 0 Å². The highest BCUT2D eigenvalue weighted by atomic mass is 16.9. The molecule has 0 aromatic heterocycles. The molecule has 1 N–H and O–H groups in total. The highest BCUT2D eigenvalue weighted by Gasteiger charge is 2.29. The lowest BCUT2D eigenvalue weighted by Gasteiger charge is -2.06. The van der Waals surface area contributed by atoms with Crippen LogP contribution in [0, 0.1) is 6.92 Å². The molecule has 0 amide bonds. The maximum Gasteiger partial charge on any atom is 0.511 e. The van der Waals surface area contributed by atoms with Gasteiger partial charge in [0.05, 0.1) is 0 Å². The fourth-order valence-corrected chi connectivity index (χ4v) is 2.20. The number of carbonyl (C=O) groups is 2. The second-order valence-electron chi connectivity index (χ2n) is 4.72. The van der Waals surface area contributed by atoms with Crippen molar-refractivity contribution >= 4 is 11.9 Å². The molecule has 6 heteroatoms. The Morgan fingerprint density at radius 1 is 1.09 bits per heavy atom. The van der Waals surface area contributed by atoms with E-state index in [1.54, 1.807) is 37.3 Å². The van der Waals surface area contributed by atoms with Crippen molar-refractivity contribution in [3.05, 3.63) is 59.2 Å². The summed E-state index contributed by atoms with van der Waals surface area (Å²) in [6.07, 6.45) is -1.50. The van der Waals surface area contributed by atoms with Crippen molar-refractivity contribution < 1.29 is 28.9 Å². The smallest absolute Gasteiger partial charge is 0.450 e. The molecule has 0 saturated carbocycles. The first-order chi connectivity index (χ1) is 10.5. The molecule has 0 bridgehead atoms. The molecule has 22 heavy (non-hydrogen) atoms. The number of ketones is 1. The van der Waals surface area contributed by atoms with Gasteiger partial charge in [-0.05, 0) is 24.6 Å². The summed E-state index contributed by atoms with van der Waals surface area (Å²) in [4.78, 5) is 23.0. The molecule has 1 unspecified atom stereocenters. The zero-order valence-electron chi connectivity index (χ0n) is 11.6. The van der Waals surface area contributed by atoms with E-state index in [-0.39, 0.29) is 11.5 Å². The summed E-state index contributed by atoms with van der Waals surface area (Å²) >= 11 is 0. The number of ether oxygens (including phenoxy) is 3. The summed E-state index contributed by atoms with van der Waals surface area (Å²) in [5.41, 5.74) is 1.72. The number of rotatable bonds is 3. The van der Waals surface area contributed by atoms with Crippen molar-refractivity contribution in [1.82, 2.24) is 0 Å². The fraction of sp³-hybridized carbons (Fsp3) is 0.125. The summed E-state index contributed by atoms with van der Waals surface area (Å²) in [5, 5.41) is 8.56. The number of hydrogen-bond donors (Lipinski definition) is 1. The van der Waals surface area contributed by atoms with Gasteiger partial charge in [-0.25, -0.2) is 4.79 Å². The summed E-state index contributed by atoms with van der Waals surface area (Å²) in [7, 11) is 0. The molecular weight excluding hydrogens is 288 g/mol. The number of hydrogen-bond acceptors (Lipinski definition) is 5. The third kappa shape index (κ3) is 2.58. The zero-order valence-corrected chi connectivity index (χ0v) is 11.6. The number of fused-ring (bicyclic) bond motifs is 1. The van der Waals surface area contributed by atoms with Crippen molar-refractivity contribution in [3.63, 3.8) is 0 Å². The second kappa shape index (κ2) is 5.40. The van der Waals surface area contributed by atoms with Gasteiger partial charge in [0.25, 0.3) is 0 Å². The van der Waals surface area contributed by atoms with E-state index in [1.807, 2.05) is 6.07 Å². The normalized spacial score (nSPS) is 15.4. The van der Waals surface area contributed by atoms with Gasteiger partial charge in [0.15, 0.2) is 17.3 Å². The third-order valence-corrected chi connectivity index (χ3v) is 3.21. The Hall–Kier alpha value is -3.02. The largest absolute Gasteiger partial charge is 0.511 e. The average Bonchev–Trinajstić information content (AvgIpc) is 2.86. The van der Waals surface area contributed by atoms with Crippen molar-refractivity contribution in [2.45, 2.75) is 13.4 Å². The van der Waals surface area contributed by atoms with Gasteiger partial charge in [0, 0.05) is 11.1 Å². The Morgan fingerprint density at radius 3 is 2.36 bits per heavy atom. The molecular formula is C16H12O6. The first-order valence-electron chi connectivity index (χ1n) is 6.52. The van der Waals surface area contributed by atoms with Crippen LogP contribution < -0.4 is 9.47 Å². The predicted octanol–water partition coefficient (Wildman–Crippen LogP) is 2.98. The molecule has 1 aliphatic rings. The molecule has 0 spiro atoms. The molecule has 6 nitrogen and oxygen atoms in total. The molecule has 1 heterocycles. The van der Waals surface area contributed by atoms with Crippen LogP contribution in [0.2, 0.25) is 0 Å². The van der Waals surface area contributed by atoms with E-state index >= 15 is 0 Å². The monoisotopic (exact) mass is 300 g/mol. The summed E-state index contributed by atoms with van der Waals surface area (Å²) in [5.74, 6) is 0.469. The topological polar surface area (TPSA) is 82.1 Å². The molecule has 1 atom stereocenters. The van der Waals surface area contributed by atoms with Crippen molar-refractivity contribution in [1.29, 1.82) is 0 Å². The van der Waals surface area contributed by atoms with Gasteiger partial charge in [-0.3, -0.25) is 4.79 Å². The van der Waals surface area contributed by atoms with Crippen LogP contribution in [0.4, 0.5) is 4.79 Å². The minimum Gasteiger partial charge on any atom is -0.450 e. The van der Waals surface area contributed by atoms with Crippen LogP contribution in [0.15, 0.2) is 42.5 Å². The SMILES string of the molecule is Cc1cc2c(cc1C(=O)c1ccccc1)OC(OC(=O)O)O2. The lowest BCUT2D eigenvalue weighted by molar-refractivity contribution is -0.147. The zero-order chi connectivity index (χ0) is 15.7. The Morgan fingerprint density at radius 2 is 1.73 bits per heavy atom. The maximum atomic E-state index is 12.5. The lowest BCUT2D eigenvalue weighted by atomic mass is 9.98. The summed E-state index contributed by atoms with van der Waals surface area (Å²) < 4.78 is 14.8. The molecule has 3 rings (SSSR count). The number of aryl methyl sites for hydroxylation is 1. The van der Waals surface area contributed by atoms with E-state index < -0.39 is 12.6 Å². The maximum absolute atomic E-state index is 12.5. The molecule has 0 radical (unpaired) electrons. The van der Waals surface area contributed by atoms with Gasteiger partial charge in [0.2, 0.25) is 0 Å². The molecule has 112 valence electrons. The number of carboxylic acid groups (broad SMARTS) is 1. The van der Waals surface area contributed by atoms with E-state index in [1.165, 1.54) is 6.07 Å². The van der Waals surface area contributed by atoms with Gasteiger partial charge < -0.3 is 19.3 Å². The van der Waals surface area contributed by atoms with E-state index in [4.69, 9.17) is 14.6 Å². The first-order valence-corrected chi connectivity index (χ1v) is 6.52. The van der Waals surface area contributed by atoms with Crippen molar-refractivity contribution in [3.8, 4) is 11.5 Å². The van der Waals surface area contributed by atoms with Crippen molar-refractivity contribution in [2.24, 2.45) is 0 Å². The second-order valence-corrected chi connectivity index (χ2v) is 4.72. The highest BCUT2D eigenvalue weighted by molar-refractivity contribution is 6.10. The van der Waals surface area contributed by atoms with Crippen LogP contribution in [-0.4, -0.2) is 23.5 Å². The van der Waals surface area contributed by atoms with E-state index in [2.05, 4.69) is 4.74 Å². The Bertz CT molecular complexity index is 738. The van der Waals surface area contributed by atoms with Gasteiger partial charge in [-0.2, -0.15) is 0 Å². The molecule has 2 aromatic carbocycles. The average molecular weight is 300 g/mol. The fourth-order valence-electron chi connectivity index (χ4n) is 2.20.